The molecule has 4 nitrogen and oxygen atoms in total. The summed E-state index contributed by atoms with van der Waals surface area (Å²) >= 11 is 0. The summed E-state index contributed by atoms with van der Waals surface area (Å²) in [6.45, 7) is 1.54. The minimum absolute atomic E-state index is 0.00927. The summed E-state index contributed by atoms with van der Waals surface area (Å²) in [6, 6.07) is 11.8. The maximum absolute atomic E-state index is 13.7. The minimum Gasteiger partial charge on any atom is -0.633 e. The molecule has 2 aromatic rings. The molecule has 2 aliphatic rings. The number of hydrogen-bond donors (Lipinski definition) is 1. The van der Waals surface area contributed by atoms with Crippen molar-refractivity contribution in [3.8, 4) is 11.1 Å². The van der Waals surface area contributed by atoms with Gasteiger partial charge in [0.05, 0.1) is 36.7 Å². The van der Waals surface area contributed by atoms with Crippen LogP contribution >= 0.6 is 0 Å². The maximum atomic E-state index is 13.7. The number of quaternary nitrogens is 1. The van der Waals surface area contributed by atoms with Crippen LogP contribution in [0.5, 0.6) is 0 Å². The van der Waals surface area contributed by atoms with Crippen molar-refractivity contribution in [3.05, 3.63) is 64.9 Å². The third-order valence-corrected chi connectivity index (χ3v) is 6.52. The highest BCUT2D eigenvalue weighted by molar-refractivity contribution is 7.82. The fourth-order valence-electron chi connectivity index (χ4n) is 4.48. The van der Waals surface area contributed by atoms with Crippen LogP contribution in [0.2, 0.25) is 0 Å². The van der Waals surface area contributed by atoms with Crippen molar-refractivity contribution in [2.45, 2.75) is 24.8 Å². The Hall–Kier alpha value is -1.67. The average Bonchev–Trinajstić information content (AvgIpc) is 3.30. The normalized spacial score (nSPS) is 30.4. The van der Waals surface area contributed by atoms with Crippen LogP contribution < -0.4 is 4.72 Å². The van der Waals surface area contributed by atoms with Gasteiger partial charge in [0, 0.05) is 18.6 Å². The fourth-order valence-corrected chi connectivity index (χ4v) is 5.14. The zero-order chi connectivity index (χ0) is 19.9. The molecule has 0 bridgehead atoms. The summed E-state index contributed by atoms with van der Waals surface area (Å²) in [6.07, 6.45) is 3.26. The van der Waals surface area contributed by atoms with Crippen molar-refractivity contribution < 1.29 is 17.6 Å². The average molecular weight is 406 g/mol. The summed E-state index contributed by atoms with van der Waals surface area (Å²) in [5, 5.41) is 13.1. The number of nitrogens with one attached hydrogen (secondary N) is 1. The van der Waals surface area contributed by atoms with Gasteiger partial charge in [-0.2, -0.15) is 0 Å². The number of benzene rings is 2. The van der Waals surface area contributed by atoms with Crippen molar-refractivity contribution in [2.75, 3.05) is 25.9 Å². The van der Waals surface area contributed by atoms with E-state index in [1.165, 1.54) is 6.07 Å². The molecule has 4 rings (SSSR count). The number of hydroxylamine groups is 3. The maximum Gasteiger partial charge on any atom is 0.159 e. The van der Waals surface area contributed by atoms with Crippen molar-refractivity contribution in [1.82, 2.24) is 4.72 Å². The lowest BCUT2D eigenvalue weighted by atomic mass is 9.95. The number of likely N-dealkylation sites (tertiary alicyclic amines) is 1. The molecule has 5 unspecified atom stereocenters. The molecule has 2 fully saturated rings. The molecule has 28 heavy (non-hydrogen) atoms. The molecule has 1 aliphatic carbocycles. The Bertz CT molecular complexity index is 910. The predicted molar refractivity (Wildman–Crippen MR) is 106 cm³/mol. The predicted octanol–water partition coefficient (Wildman–Crippen LogP) is 3.71. The van der Waals surface area contributed by atoms with Gasteiger partial charge in [-0.25, -0.2) is 17.7 Å². The van der Waals surface area contributed by atoms with Crippen LogP contribution in [0.1, 0.15) is 24.3 Å². The van der Waals surface area contributed by atoms with E-state index in [0.29, 0.717) is 25.2 Å². The Morgan fingerprint density at radius 3 is 2.75 bits per heavy atom. The first-order chi connectivity index (χ1) is 13.3. The van der Waals surface area contributed by atoms with Crippen LogP contribution in [0.25, 0.3) is 11.1 Å². The van der Waals surface area contributed by atoms with Crippen LogP contribution in [0.3, 0.4) is 0 Å². The van der Waals surface area contributed by atoms with Gasteiger partial charge in [-0.3, -0.25) is 0 Å². The number of hydrogen-bond acceptors (Lipinski definition) is 2. The van der Waals surface area contributed by atoms with Gasteiger partial charge in [0.1, 0.15) is 0 Å². The van der Waals surface area contributed by atoms with Crippen molar-refractivity contribution in [3.63, 3.8) is 0 Å². The van der Waals surface area contributed by atoms with E-state index in [-0.39, 0.29) is 22.5 Å². The van der Waals surface area contributed by atoms with Crippen LogP contribution in [0.4, 0.5) is 8.78 Å². The Kier molecular flexibility index (Phi) is 5.35. The van der Waals surface area contributed by atoms with Gasteiger partial charge < -0.3 is 9.85 Å². The molecule has 1 N–H and O–H groups in total. The van der Waals surface area contributed by atoms with Crippen LogP contribution in [-0.2, 0) is 11.0 Å². The highest BCUT2D eigenvalue weighted by atomic mass is 32.2. The van der Waals surface area contributed by atoms with Gasteiger partial charge in [-0.15, -0.1) is 0 Å². The van der Waals surface area contributed by atoms with Gasteiger partial charge in [0.2, 0.25) is 0 Å². The number of rotatable bonds is 6. The molecular weight excluding hydrogens is 382 g/mol. The summed E-state index contributed by atoms with van der Waals surface area (Å²) in [5.41, 5.74) is 2.64. The van der Waals surface area contributed by atoms with E-state index in [2.05, 4.69) is 4.72 Å². The Labute approximate surface area is 166 Å². The van der Waals surface area contributed by atoms with E-state index < -0.39 is 22.6 Å². The second-order valence-corrected chi connectivity index (χ2v) is 9.17. The van der Waals surface area contributed by atoms with E-state index in [1.54, 1.807) is 12.3 Å². The van der Waals surface area contributed by atoms with E-state index in [9.17, 15) is 18.2 Å². The standard InChI is InChI=1S/C21H24F2N2O2S/c1-28(27)24-16-8-9-25(26,13-16)12-15-10-19(15)18-5-3-2-4-17(18)14-6-7-20(22)21(23)11-14/h2-7,11,15-16,19,24H,8-10,12-13H2,1H3. The zero-order valence-corrected chi connectivity index (χ0v) is 16.6. The molecule has 1 heterocycles. The first-order valence-corrected chi connectivity index (χ1v) is 11.1. The summed E-state index contributed by atoms with van der Waals surface area (Å²) in [5.74, 6) is -1.16. The molecule has 1 aliphatic heterocycles. The van der Waals surface area contributed by atoms with Crippen LogP contribution in [0, 0.1) is 22.8 Å². The second kappa shape index (κ2) is 7.63. The Morgan fingerprint density at radius 1 is 1.21 bits per heavy atom. The first-order valence-electron chi connectivity index (χ1n) is 9.56. The highest BCUT2D eigenvalue weighted by Crippen LogP contribution is 2.51. The van der Waals surface area contributed by atoms with Gasteiger partial charge in [0.15, 0.2) is 11.6 Å². The van der Waals surface area contributed by atoms with Crippen molar-refractivity contribution >= 4 is 11.0 Å². The molecule has 7 heteroatoms. The molecule has 1 saturated carbocycles. The molecule has 2 aromatic carbocycles. The van der Waals surface area contributed by atoms with E-state index in [0.717, 1.165) is 30.0 Å². The highest BCUT2D eigenvalue weighted by Gasteiger charge is 2.45. The van der Waals surface area contributed by atoms with Crippen molar-refractivity contribution in [2.24, 2.45) is 5.92 Å². The SMILES string of the molecule is CS(=O)NC1CC[N+]([O-])(CC2CC2c2ccccc2-c2ccc(F)c(F)c2)C1. The van der Waals surface area contributed by atoms with Gasteiger partial charge >= 0.3 is 0 Å². The zero-order valence-electron chi connectivity index (χ0n) is 15.7. The van der Waals surface area contributed by atoms with Gasteiger partial charge in [0.25, 0.3) is 0 Å². The molecule has 0 amide bonds. The molecule has 150 valence electrons. The fraction of sp³-hybridized carbons (Fsp3) is 0.429. The van der Waals surface area contributed by atoms with E-state index in [1.807, 2.05) is 24.3 Å². The smallest absolute Gasteiger partial charge is 0.159 e. The first kappa shape index (κ1) is 19.6. The number of halogens is 2. The summed E-state index contributed by atoms with van der Waals surface area (Å²) in [7, 11) is -1.11. The summed E-state index contributed by atoms with van der Waals surface area (Å²) < 4.78 is 41.0. The Balaban J connectivity index is 1.47. The van der Waals surface area contributed by atoms with Gasteiger partial charge in [-0.05, 0) is 41.2 Å². The van der Waals surface area contributed by atoms with Crippen LogP contribution in [-0.4, -0.2) is 40.8 Å². The topological polar surface area (TPSA) is 52.2 Å². The monoisotopic (exact) mass is 406 g/mol. The third kappa shape index (κ3) is 4.17. The lowest BCUT2D eigenvalue weighted by Crippen LogP contribution is -2.44. The van der Waals surface area contributed by atoms with Crippen molar-refractivity contribution in [1.29, 1.82) is 0 Å². The lowest BCUT2D eigenvalue weighted by Gasteiger charge is -2.39. The second-order valence-electron chi connectivity index (χ2n) is 8.02. The molecule has 5 atom stereocenters. The van der Waals surface area contributed by atoms with Gasteiger partial charge in [-0.1, -0.05) is 30.3 Å². The molecule has 0 aromatic heterocycles. The quantitative estimate of drug-likeness (QED) is 0.587. The van der Waals surface area contributed by atoms with E-state index in [4.69, 9.17) is 0 Å². The lowest BCUT2D eigenvalue weighted by molar-refractivity contribution is -0.870. The largest absolute Gasteiger partial charge is 0.633 e. The molecule has 0 spiro atoms. The third-order valence-electron chi connectivity index (χ3n) is 5.85. The van der Waals surface area contributed by atoms with Crippen LogP contribution in [0.15, 0.2) is 42.5 Å². The minimum atomic E-state index is -1.11. The summed E-state index contributed by atoms with van der Waals surface area (Å²) in [4.78, 5) is 0. The molecular formula is C21H24F2N2O2S. The number of nitrogens with zero attached hydrogens (tertiary/aromatic N) is 1. The van der Waals surface area contributed by atoms with E-state index >= 15 is 0 Å². The molecule has 0 radical (unpaired) electrons. The Morgan fingerprint density at radius 2 is 2.00 bits per heavy atom. The molecule has 1 saturated heterocycles.